The Morgan fingerprint density at radius 2 is 1.83 bits per heavy atom. The number of benzene rings is 1. The number of halogens is 1. The molecule has 3 rings (SSSR count). The van der Waals surface area contributed by atoms with Crippen LogP contribution in [-0.2, 0) is 6.54 Å². The average molecular weight is 261 g/mol. The fraction of sp³-hybridized carbons (Fsp3) is 0.267. The highest BCUT2D eigenvalue weighted by atomic mass is 35.5. The van der Waals surface area contributed by atoms with Crippen LogP contribution in [0, 0.1) is 0 Å². The van der Waals surface area contributed by atoms with Crippen molar-refractivity contribution in [2.75, 3.05) is 11.4 Å². The number of nitrogens with zero attached hydrogens (tertiary/aromatic N) is 2. The maximum absolute atomic E-state index is 4.08. The SMILES string of the molecule is CC1CN(c2ccncc2)Cc2ccccc21.Cl. The smallest absolute Gasteiger partial charge is 0.0432 e. The van der Waals surface area contributed by atoms with Gasteiger partial charge in [0.1, 0.15) is 0 Å². The summed E-state index contributed by atoms with van der Waals surface area (Å²) in [6.07, 6.45) is 3.72. The first-order valence-corrected chi connectivity index (χ1v) is 6.07. The zero-order valence-corrected chi connectivity index (χ0v) is 11.2. The van der Waals surface area contributed by atoms with Crippen molar-refractivity contribution in [3.63, 3.8) is 0 Å². The lowest BCUT2D eigenvalue weighted by molar-refractivity contribution is 0.639. The van der Waals surface area contributed by atoms with Gasteiger partial charge in [0.2, 0.25) is 0 Å². The number of hydrogen-bond donors (Lipinski definition) is 0. The first-order valence-electron chi connectivity index (χ1n) is 6.07. The van der Waals surface area contributed by atoms with E-state index in [0.29, 0.717) is 5.92 Å². The lowest BCUT2D eigenvalue weighted by Gasteiger charge is -2.34. The van der Waals surface area contributed by atoms with Crippen LogP contribution in [0.3, 0.4) is 0 Å². The van der Waals surface area contributed by atoms with Crippen molar-refractivity contribution in [3.8, 4) is 0 Å². The van der Waals surface area contributed by atoms with E-state index in [0.717, 1.165) is 13.1 Å². The maximum atomic E-state index is 4.08. The molecular weight excluding hydrogens is 244 g/mol. The number of rotatable bonds is 1. The Balaban J connectivity index is 0.00000120. The van der Waals surface area contributed by atoms with E-state index in [1.807, 2.05) is 12.4 Å². The number of fused-ring (bicyclic) bond motifs is 1. The summed E-state index contributed by atoms with van der Waals surface area (Å²) in [6, 6.07) is 12.9. The normalized spacial score (nSPS) is 17.8. The van der Waals surface area contributed by atoms with Crippen LogP contribution >= 0.6 is 12.4 Å². The van der Waals surface area contributed by atoms with Gasteiger partial charge in [0, 0.05) is 31.2 Å². The summed E-state index contributed by atoms with van der Waals surface area (Å²) in [4.78, 5) is 6.50. The standard InChI is InChI=1S/C15H16N2.ClH/c1-12-10-17(14-6-8-16-9-7-14)11-13-4-2-3-5-15(12)13;/h2-9,12H,10-11H2,1H3;1H. The molecule has 3 heteroatoms. The van der Waals surface area contributed by atoms with Crippen molar-refractivity contribution in [2.24, 2.45) is 0 Å². The predicted octanol–water partition coefficient (Wildman–Crippen LogP) is 3.63. The van der Waals surface area contributed by atoms with Gasteiger partial charge in [-0.2, -0.15) is 0 Å². The minimum absolute atomic E-state index is 0. The van der Waals surface area contributed by atoms with Crippen LogP contribution in [0.1, 0.15) is 24.0 Å². The monoisotopic (exact) mass is 260 g/mol. The Hall–Kier alpha value is -1.54. The molecule has 1 aromatic carbocycles. The van der Waals surface area contributed by atoms with E-state index in [-0.39, 0.29) is 12.4 Å². The zero-order valence-electron chi connectivity index (χ0n) is 10.4. The molecule has 0 radical (unpaired) electrons. The van der Waals surface area contributed by atoms with Gasteiger partial charge in [0.25, 0.3) is 0 Å². The molecular formula is C15H17ClN2. The molecule has 1 aliphatic rings. The van der Waals surface area contributed by atoms with Crippen LogP contribution in [0.15, 0.2) is 48.8 Å². The molecule has 2 aromatic rings. The third-order valence-corrected chi connectivity index (χ3v) is 3.47. The van der Waals surface area contributed by atoms with E-state index in [4.69, 9.17) is 0 Å². The molecule has 0 amide bonds. The molecule has 0 saturated carbocycles. The number of aromatic nitrogens is 1. The third kappa shape index (κ3) is 2.34. The highest BCUT2D eigenvalue weighted by molar-refractivity contribution is 5.85. The van der Waals surface area contributed by atoms with Crippen molar-refractivity contribution >= 4 is 18.1 Å². The second-order valence-electron chi connectivity index (χ2n) is 4.69. The van der Waals surface area contributed by atoms with E-state index in [1.165, 1.54) is 16.8 Å². The Morgan fingerprint density at radius 1 is 1.11 bits per heavy atom. The molecule has 1 unspecified atom stereocenters. The summed E-state index contributed by atoms with van der Waals surface area (Å²) >= 11 is 0. The lowest BCUT2D eigenvalue weighted by Crippen LogP contribution is -2.32. The van der Waals surface area contributed by atoms with Crippen LogP contribution in [0.5, 0.6) is 0 Å². The quantitative estimate of drug-likeness (QED) is 0.778. The zero-order chi connectivity index (χ0) is 11.7. The summed E-state index contributed by atoms with van der Waals surface area (Å²) in [7, 11) is 0. The molecule has 0 bridgehead atoms. The van der Waals surface area contributed by atoms with E-state index < -0.39 is 0 Å². The molecule has 2 heterocycles. The van der Waals surface area contributed by atoms with Gasteiger partial charge in [-0.1, -0.05) is 31.2 Å². The Kier molecular flexibility index (Phi) is 3.87. The van der Waals surface area contributed by atoms with Gasteiger partial charge in [-0.15, -0.1) is 12.4 Å². The van der Waals surface area contributed by atoms with Gasteiger partial charge < -0.3 is 4.90 Å². The molecule has 2 nitrogen and oxygen atoms in total. The summed E-state index contributed by atoms with van der Waals surface area (Å²) in [6.45, 7) is 4.39. The van der Waals surface area contributed by atoms with Gasteiger partial charge in [-0.25, -0.2) is 0 Å². The fourth-order valence-corrected chi connectivity index (χ4v) is 2.61. The first-order chi connectivity index (χ1) is 8.34. The second-order valence-corrected chi connectivity index (χ2v) is 4.69. The van der Waals surface area contributed by atoms with Crippen molar-refractivity contribution < 1.29 is 0 Å². The topological polar surface area (TPSA) is 16.1 Å². The van der Waals surface area contributed by atoms with Crippen LogP contribution in [0.2, 0.25) is 0 Å². The molecule has 0 aliphatic carbocycles. The molecule has 0 spiro atoms. The highest BCUT2D eigenvalue weighted by Gasteiger charge is 2.21. The molecule has 0 saturated heterocycles. The van der Waals surface area contributed by atoms with E-state index >= 15 is 0 Å². The third-order valence-electron chi connectivity index (χ3n) is 3.47. The Morgan fingerprint density at radius 3 is 2.61 bits per heavy atom. The predicted molar refractivity (Wildman–Crippen MR) is 77.4 cm³/mol. The molecule has 1 atom stereocenters. The summed E-state index contributed by atoms with van der Waals surface area (Å²) in [5.74, 6) is 0.591. The van der Waals surface area contributed by atoms with Crippen LogP contribution in [0.25, 0.3) is 0 Å². The summed E-state index contributed by atoms with van der Waals surface area (Å²) in [5, 5.41) is 0. The second kappa shape index (κ2) is 5.40. The largest absolute Gasteiger partial charge is 0.367 e. The van der Waals surface area contributed by atoms with Crippen LogP contribution in [0.4, 0.5) is 5.69 Å². The molecule has 94 valence electrons. The van der Waals surface area contributed by atoms with E-state index in [9.17, 15) is 0 Å². The fourth-order valence-electron chi connectivity index (χ4n) is 2.61. The number of pyridine rings is 1. The molecule has 0 N–H and O–H groups in total. The van der Waals surface area contributed by atoms with Crippen molar-refractivity contribution in [1.29, 1.82) is 0 Å². The van der Waals surface area contributed by atoms with Gasteiger partial charge in [0.15, 0.2) is 0 Å². The van der Waals surface area contributed by atoms with Crippen LogP contribution < -0.4 is 4.90 Å². The van der Waals surface area contributed by atoms with Gasteiger partial charge in [0.05, 0.1) is 0 Å². The minimum Gasteiger partial charge on any atom is -0.367 e. The van der Waals surface area contributed by atoms with Gasteiger partial charge in [-0.05, 0) is 29.2 Å². The van der Waals surface area contributed by atoms with E-state index in [2.05, 4.69) is 53.2 Å². The number of anilines is 1. The van der Waals surface area contributed by atoms with Crippen LogP contribution in [-0.4, -0.2) is 11.5 Å². The number of hydrogen-bond acceptors (Lipinski definition) is 2. The molecule has 1 aliphatic heterocycles. The average Bonchev–Trinajstić information content (AvgIpc) is 2.40. The minimum atomic E-state index is 0. The summed E-state index contributed by atoms with van der Waals surface area (Å²) < 4.78 is 0. The molecule has 0 fully saturated rings. The Labute approximate surface area is 114 Å². The van der Waals surface area contributed by atoms with Crippen molar-refractivity contribution in [2.45, 2.75) is 19.4 Å². The Bertz CT molecular complexity index is 513. The molecule has 1 aromatic heterocycles. The highest BCUT2D eigenvalue weighted by Crippen LogP contribution is 2.30. The van der Waals surface area contributed by atoms with Gasteiger partial charge >= 0.3 is 0 Å². The van der Waals surface area contributed by atoms with Crippen molar-refractivity contribution in [3.05, 3.63) is 59.9 Å². The maximum Gasteiger partial charge on any atom is 0.0432 e. The van der Waals surface area contributed by atoms with Crippen molar-refractivity contribution in [1.82, 2.24) is 4.98 Å². The first kappa shape index (κ1) is 12.9. The summed E-state index contributed by atoms with van der Waals surface area (Å²) in [5.41, 5.74) is 4.21. The lowest BCUT2D eigenvalue weighted by atomic mass is 9.91. The molecule has 18 heavy (non-hydrogen) atoms. The van der Waals surface area contributed by atoms with E-state index in [1.54, 1.807) is 0 Å². The van der Waals surface area contributed by atoms with Gasteiger partial charge in [-0.3, -0.25) is 4.98 Å².